The van der Waals surface area contributed by atoms with Crippen molar-refractivity contribution in [3.8, 4) is 11.4 Å². The Hall–Kier alpha value is -6.13. The maximum Gasteiger partial charge on any atom is 0.408 e. The van der Waals surface area contributed by atoms with E-state index in [4.69, 9.17) is 27.7 Å². The first kappa shape index (κ1) is 41.3. The molecule has 0 aliphatic carbocycles. The van der Waals surface area contributed by atoms with Crippen LogP contribution >= 0.6 is 0 Å². The quantitative estimate of drug-likeness (QED) is 0.0477. The molecular weight excluding hydrogens is 680 g/mol. The van der Waals surface area contributed by atoms with Gasteiger partial charge in [-0.3, -0.25) is 24.4 Å². The molecule has 0 radical (unpaired) electrons. The highest BCUT2D eigenvalue weighted by molar-refractivity contribution is 5.94. The van der Waals surface area contributed by atoms with Crippen molar-refractivity contribution in [2.45, 2.75) is 83.1 Å². The third-order valence-corrected chi connectivity index (χ3v) is 7.57. The van der Waals surface area contributed by atoms with E-state index in [-0.39, 0.29) is 50.8 Å². The summed E-state index contributed by atoms with van der Waals surface area (Å²) in [6.07, 6.45) is 1.72. The largest absolute Gasteiger partial charge is 0.444 e. The number of hydrogen-bond acceptors (Lipinski definition) is 8. The first-order valence-corrected chi connectivity index (χ1v) is 17.3. The number of amides is 4. The maximum absolute atomic E-state index is 14.1. The van der Waals surface area contributed by atoms with Gasteiger partial charge in [0, 0.05) is 43.5 Å². The van der Waals surface area contributed by atoms with Gasteiger partial charge in [0.25, 0.3) is 0 Å². The number of nitrogens with two attached hydrogens (primary N) is 4. The highest BCUT2D eigenvalue weighted by Crippen LogP contribution is 2.16. The van der Waals surface area contributed by atoms with Gasteiger partial charge in [-0.1, -0.05) is 60.7 Å². The van der Waals surface area contributed by atoms with Crippen LogP contribution in [0.15, 0.2) is 76.8 Å². The molecule has 3 aromatic rings. The van der Waals surface area contributed by atoms with Crippen LogP contribution in [0.3, 0.4) is 0 Å². The molecule has 4 amide bonds. The Morgan fingerprint density at radius 3 is 1.85 bits per heavy atom. The number of nitrogens with zero attached hydrogens (tertiary/aromatic N) is 3. The van der Waals surface area contributed by atoms with Crippen molar-refractivity contribution in [3.63, 3.8) is 0 Å². The molecule has 0 saturated carbocycles. The monoisotopic (exact) mass is 732 g/mol. The van der Waals surface area contributed by atoms with E-state index in [1.165, 1.54) is 0 Å². The number of ether oxygens (including phenoxy) is 1. The maximum atomic E-state index is 14.1. The third kappa shape index (κ3) is 15.7. The van der Waals surface area contributed by atoms with Crippen molar-refractivity contribution in [2.75, 3.05) is 13.1 Å². The Balaban J connectivity index is 1.88. The Morgan fingerprint density at radius 1 is 0.755 bits per heavy atom. The number of aromatic amines is 1. The fraction of sp³-hybridized carbons (Fsp3) is 0.417. The molecule has 2 aromatic carbocycles. The van der Waals surface area contributed by atoms with Gasteiger partial charge >= 0.3 is 6.09 Å². The van der Waals surface area contributed by atoms with Crippen LogP contribution in [-0.2, 0) is 32.1 Å². The molecule has 0 aliphatic heterocycles. The topological polar surface area (TPSA) is 283 Å². The molecule has 0 fully saturated rings. The number of nitrogens with one attached hydrogen (secondary N) is 5. The van der Waals surface area contributed by atoms with Gasteiger partial charge in [0.15, 0.2) is 11.9 Å². The van der Waals surface area contributed by atoms with Crippen molar-refractivity contribution < 1.29 is 23.9 Å². The number of imidazole rings is 1. The van der Waals surface area contributed by atoms with Gasteiger partial charge in [0.2, 0.25) is 17.7 Å². The van der Waals surface area contributed by atoms with Crippen molar-refractivity contribution in [3.05, 3.63) is 78.1 Å². The summed E-state index contributed by atoms with van der Waals surface area (Å²) in [5, 5.41) is 11.1. The van der Waals surface area contributed by atoms with Gasteiger partial charge in [-0.05, 0) is 52.0 Å². The van der Waals surface area contributed by atoms with Crippen LogP contribution in [0, 0.1) is 0 Å². The molecule has 1 heterocycles. The number of aromatic nitrogens is 2. The second kappa shape index (κ2) is 20.7. The molecule has 0 unspecified atom stereocenters. The normalized spacial score (nSPS) is 12.7. The predicted molar refractivity (Wildman–Crippen MR) is 203 cm³/mol. The number of H-pyrrole nitrogens is 1. The first-order chi connectivity index (χ1) is 25.2. The summed E-state index contributed by atoms with van der Waals surface area (Å²) in [6, 6.07) is 15.4. The lowest BCUT2D eigenvalue weighted by molar-refractivity contribution is -0.132. The zero-order chi connectivity index (χ0) is 38.8. The van der Waals surface area contributed by atoms with Crippen LogP contribution < -0.4 is 44.2 Å². The van der Waals surface area contributed by atoms with Crippen LogP contribution in [0.4, 0.5) is 4.79 Å². The predicted octanol–water partition coefficient (Wildman–Crippen LogP) is 0.906. The lowest BCUT2D eigenvalue weighted by Gasteiger charge is -2.26. The zero-order valence-corrected chi connectivity index (χ0v) is 30.4. The molecule has 17 heteroatoms. The summed E-state index contributed by atoms with van der Waals surface area (Å²) in [5.74, 6) is -1.39. The minimum absolute atomic E-state index is 0.0308. The Labute approximate surface area is 309 Å². The van der Waals surface area contributed by atoms with E-state index in [2.05, 4.69) is 41.2 Å². The second-order valence-electron chi connectivity index (χ2n) is 13.2. The standard InChI is InChI=1S/C36H52N12O5/c1-36(2,3)53-35(52)48-27(17-11-19-42-34(39)40)31(50)47-28(20-25-22-43-29(45-25)24-14-8-5-9-15-24)32(51)46-26(16-10-18-41-33(37)38)30(49)44-21-23-12-6-4-7-13-23/h4-9,12-15,22,26-28H,10-11,16-21H2,1-3H3,(H,43,45)(H,44,49)(H,46,51)(H,47,50)(H,48,52)(H4,37,38,41)(H4,39,40,42)/t26-,27-,28-/m0/s1. The lowest BCUT2D eigenvalue weighted by atomic mass is 10.1. The van der Waals surface area contributed by atoms with E-state index >= 15 is 0 Å². The Morgan fingerprint density at radius 2 is 1.28 bits per heavy atom. The number of benzene rings is 2. The number of guanidine groups is 2. The summed E-state index contributed by atoms with van der Waals surface area (Å²) in [4.78, 5) is 69.8. The number of carbonyl (C=O) groups excluding carboxylic acids is 4. The smallest absolute Gasteiger partial charge is 0.408 e. The van der Waals surface area contributed by atoms with E-state index < -0.39 is 47.5 Å². The molecule has 17 nitrogen and oxygen atoms in total. The summed E-state index contributed by atoms with van der Waals surface area (Å²) >= 11 is 0. The van der Waals surface area contributed by atoms with Crippen LogP contribution in [0.1, 0.15) is 57.7 Å². The van der Waals surface area contributed by atoms with Gasteiger partial charge < -0.3 is 53.9 Å². The molecule has 286 valence electrons. The molecule has 3 atom stereocenters. The van der Waals surface area contributed by atoms with Gasteiger partial charge in [-0.25, -0.2) is 9.78 Å². The summed E-state index contributed by atoms with van der Waals surface area (Å²) in [6.45, 7) is 5.74. The van der Waals surface area contributed by atoms with E-state index in [9.17, 15) is 19.2 Å². The van der Waals surface area contributed by atoms with E-state index in [1.54, 1.807) is 27.0 Å². The summed E-state index contributed by atoms with van der Waals surface area (Å²) in [7, 11) is 0. The summed E-state index contributed by atoms with van der Waals surface area (Å²) in [5.41, 5.74) is 23.2. The van der Waals surface area contributed by atoms with E-state index in [1.807, 2.05) is 60.7 Å². The molecule has 0 bridgehead atoms. The highest BCUT2D eigenvalue weighted by Gasteiger charge is 2.31. The minimum atomic E-state index is -1.21. The van der Waals surface area contributed by atoms with Crippen LogP contribution in [0.25, 0.3) is 11.4 Å². The third-order valence-electron chi connectivity index (χ3n) is 7.57. The Kier molecular flexibility index (Phi) is 16.1. The zero-order valence-electron chi connectivity index (χ0n) is 30.4. The average Bonchev–Trinajstić information content (AvgIpc) is 3.58. The molecule has 0 spiro atoms. The van der Waals surface area contributed by atoms with Crippen LogP contribution in [0.5, 0.6) is 0 Å². The highest BCUT2D eigenvalue weighted by atomic mass is 16.6. The Bertz CT molecular complexity index is 1680. The van der Waals surface area contributed by atoms with Crippen molar-refractivity contribution in [2.24, 2.45) is 32.9 Å². The molecule has 13 N–H and O–H groups in total. The van der Waals surface area contributed by atoms with E-state index in [0.717, 1.165) is 11.1 Å². The number of alkyl carbamates (subject to hydrolysis) is 1. The van der Waals surface area contributed by atoms with Gasteiger partial charge in [0.05, 0.1) is 0 Å². The van der Waals surface area contributed by atoms with Crippen molar-refractivity contribution in [1.29, 1.82) is 0 Å². The first-order valence-electron chi connectivity index (χ1n) is 17.3. The second-order valence-corrected chi connectivity index (χ2v) is 13.2. The number of carbonyl (C=O) groups is 4. The molecule has 0 saturated heterocycles. The fourth-order valence-corrected chi connectivity index (χ4v) is 5.08. The lowest BCUT2D eigenvalue weighted by Crippen LogP contribution is -2.57. The summed E-state index contributed by atoms with van der Waals surface area (Å²) < 4.78 is 5.39. The van der Waals surface area contributed by atoms with Crippen molar-refractivity contribution >= 4 is 35.7 Å². The van der Waals surface area contributed by atoms with Crippen LogP contribution in [0.2, 0.25) is 0 Å². The molecule has 53 heavy (non-hydrogen) atoms. The number of aliphatic imine (C=N–C) groups is 2. The van der Waals surface area contributed by atoms with E-state index in [0.29, 0.717) is 24.4 Å². The average molecular weight is 733 g/mol. The van der Waals surface area contributed by atoms with Gasteiger partial charge in [0.1, 0.15) is 29.6 Å². The fourth-order valence-electron chi connectivity index (χ4n) is 5.08. The molecular formula is C36H52N12O5. The SMILES string of the molecule is CC(C)(C)OC(=O)N[C@@H](CCCN=C(N)N)C(=O)N[C@@H](Cc1cnc(-c2ccccc2)[nH]1)C(=O)N[C@@H](CCCN=C(N)N)C(=O)NCc1ccccc1. The van der Waals surface area contributed by atoms with Gasteiger partial charge in [-0.15, -0.1) is 0 Å². The molecule has 1 aromatic heterocycles. The van der Waals surface area contributed by atoms with Crippen molar-refractivity contribution in [1.82, 2.24) is 31.2 Å². The minimum Gasteiger partial charge on any atom is -0.444 e. The number of rotatable bonds is 19. The molecule has 0 aliphatic rings. The molecule has 3 rings (SSSR count). The number of hydrogen-bond donors (Lipinski definition) is 9. The van der Waals surface area contributed by atoms with Gasteiger partial charge in [-0.2, -0.15) is 0 Å². The van der Waals surface area contributed by atoms with Crippen LogP contribution in [-0.4, -0.2) is 82.5 Å².